The van der Waals surface area contributed by atoms with Crippen LogP contribution in [0.3, 0.4) is 0 Å². The quantitative estimate of drug-likeness (QED) is 0.733. The highest BCUT2D eigenvalue weighted by Gasteiger charge is 2.31. The minimum Gasteiger partial charge on any atom is -0.444 e. The molecule has 0 aromatic carbocycles. The van der Waals surface area contributed by atoms with Gasteiger partial charge in [-0.3, -0.25) is 0 Å². The van der Waals surface area contributed by atoms with E-state index in [1.807, 2.05) is 20.8 Å². The monoisotopic (exact) mass is 394 g/mol. The Morgan fingerprint density at radius 1 is 1.32 bits per heavy atom. The molecule has 2 rings (SSSR count). The van der Waals surface area contributed by atoms with Gasteiger partial charge in [0.1, 0.15) is 5.60 Å². The summed E-state index contributed by atoms with van der Waals surface area (Å²) < 4.78 is 6.69. The molecule has 1 aliphatic heterocycles. The molecule has 1 aromatic rings. The van der Waals surface area contributed by atoms with Gasteiger partial charge in [-0.15, -0.1) is 10.2 Å². The zero-order chi connectivity index (χ0) is 14.2. The molecule has 1 atom stereocenters. The van der Waals surface area contributed by atoms with Crippen LogP contribution in [-0.4, -0.2) is 44.7 Å². The van der Waals surface area contributed by atoms with E-state index in [1.54, 1.807) is 9.70 Å². The molecular formula is C11H16Br2N4O2. The van der Waals surface area contributed by atoms with Gasteiger partial charge in [0.05, 0.1) is 6.04 Å². The fourth-order valence-corrected chi connectivity index (χ4v) is 2.35. The summed E-state index contributed by atoms with van der Waals surface area (Å²) in [6.07, 6.45) is 0.549. The first kappa shape index (κ1) is 14.8. The minimum absolute atomic E-state index is 0.0927. The third-order valence-corrected chi connectivity index (χ3v) is 4.29. The van der Waals surface area contributed by atoms with Crippen molar-refractivity contribution in [1.29, 1.82) is 0 Å². The molecule has 1 aliphatic rings. The van der Waals surface area contributed by atoms with Crippen molar-refractivity contribution in [1.82, 2.24) is 19.9 Å². The second-order valence-corrected chi connectivity index (χ2v) is 6.97. The molecule has 0 N–H and O–H groups in total. The van der Waals surface area contributed by atoms with Crippen LogP contribution in [0, 0.1) is 0 Å². The summed E-state index contributed by atoms with van der Waals surface area (Å²) >= 11 is 6.60. The molecule has 0 spiro atoms. The van der Waals surface area contributed by atoms with E-state index in [-0.39, 0.29) is 12.1 Å². The van der Waals surface area contributed by atoms with Crippen molar-refractivity contribution in [2.24, 2.45) is 0 Å². The number of halogens is 2. The largest absolute Gasteiger partial charge is 0.444 e. The highest BCUT2D eigenvalue weighted by atomic mass is 79.9. The molecule has 1 unspecified atom stereocenters. The maximum absolute atomic E-state index is 11.9. The predicted molar refractivity (Wildman–Crippen MR) is 76.9 cm³/mol. The van der Waals surface area contributed by atoms with E-state index in [0.29, 0.717) is 22.3 Å². The topological polar surface area (TPSA) is 60.2 Å². The smallest absolute Gasteiger partial charge is 0.410 e. The molecule has 1 amide bonds. The molecule has 1 aromatic heterocycles. The molecule has 0 saturated carbocycles. The molecule has 0 aliphatic carbocycles. The average molecular weight is 396 g/mol. The maximum atomic E-state index is 11.9. The first-order chi connectivity index (χ1) is 8.76. The van der Waals surface area contributed by atoms with Gasteiger partial charge >= 0.3 is 6.09 Å². The summed E-state index contributed by atoms with van der Waals surface area (Å²) in [4.78, 5) is 15.3. The fourth-order valence-electron chi connectivity index (χ4n) is 1.87. The molecule has 0 radical (unpaired) electrons. The average Bonchev–Trinajstić information content (AvgIpc) is 2.84. The lowest BCUT2D eigenvalue weighted by atomic mass is 10.2. The molecular weight excluding hydrogens is 380 g/mol. The Morgan fingerprint density at radius 3 is 2.42 bits per heavy atom. The standard InChI is InChI=1S/C11H16Br2N4O2/c1-11(2,3)19-10(18)16-5-4-7(6-16)17-14-8(12)9(13)15-17/h7H,4-6H2,1-3H3. The van der Waals surface area contributed by atoms with E-state index in [0.717, 1.165) is 6.42 Å². The molecule has 2 heterocycles. The number of amides is 1. The van der Waals surface area contributed by atoms with Gasteiger partial charge < -0.3 is 9.64 Å². The van der Waals surface area contributed by atoms with E-state index in [1.165, 1.54) is 0 Å². The van der Waals surface area contributed by atoms with E-state index < -0.39 is 5.60 Å². The summed E-state index contributed by atoms with van der Waals surface area (Å²) in [6, 6.07) is 0.0927. The third-order valence-electron chi connectivity index (χ3n) is 2.69. The third kappa shape index (κ3) is 3.68. The van der Waals surface area contributed by atoms with Crippen LogP contribution in [0.2, 0.25) is 0 Å². The van der Waals surface area contributed by atoms with Gasteiger partial charge in [-0.25, -0.2) is 4.79 Å². The van der Waals surface area contributed by atoms with E-state index in [4.69, 9.17) is 4.74 Å². The van der Waals surface area contributed by atoms with Gasteiger partial charge in [-0.2, -0.15) is 4.80 Å². The Hall–Kier alpha value is -0.630. The normalized spacial score (nSPS) is 19.8. The first-order valence-corrected chi connectivity index (χ1v) is 7.60. The van der Waals surface area contributed by atoms with Crippen molar-refractivity contribution in [3.8, 4) is 0 Å². The van der Waals surface area contributed by atoms with Crippen LogP contribution in [-0.2, 0) is 4.74 Å². The highest BCUT2D eigenvalue weighted by molar-refractivity contribution is 9.13. The molecule has 1 saturated heterocycles. The van der Waals surface area contributed by atoms with Crippen LogP contribution in [0.5, 0.6) is 0 Å². The van der Waals surface area contributed by atoms with Crippen LogP contribution in [0.4, 0.5) is 4.79 Å². The van der Waals surface area contributed by atoms with Crippen molar-refractivity contribution in [3.63, 3.8) is 0 Å². The number of aromatic nitrogens is 3. The number of hydrogen-bond acceptors (Lipinski definition) is 4. The first-order valence-electron chi connectivity index (χ1n) is 6.02. The van der Waals surface area contributed by atoms with Crippen molar-refractivity contribution in [2.75, 3.05) is 13.1 Å². The highest BCUT2D eigenvalue weighted by Crippen LogP contribution is 2.25. The van der Waals surface area contributed by atoms with E-state index in [2.05, 4.69) is 42.1 Å². The lowest BCUT2D eigenvalue weighted by Crippen LogP contribution is -2.35. The van der Waals surface area contributed by atoms with Crippen molar-refractivity contribution >= 4 is 38.0 Å². The van der Waals surface area contributed by atoms with Crippen LogP contribution in [0.25, 0.3) is 0 Å². The lowest BCUT2D eigenvalue weighted by Gasteiger charge is -2.24. The van der Waals surface area contributed by atoms with Gasteiger partial charge in [-0.1, -0.05) is 0 Å². The Bertz CT molecular complexity index is 464. The molecule has 8 heteroatoms. The van der Waals surface area contributed by atoms with Crippen LogP contribution >= 0.6 is 31.9 Å². The number of ether oxygens (including phenoxy) is 1. The minimum atomic E-state index is -0.467. The van der Waals surface area contributed by atoms with E-state index >= 15 is 0 Å². The second kappa shape index (κ2) is 5.40. The molecule has 6 nitrogen and oxygen atoms in total. The summed E-state index contributed by atoms with van der Waals surface area (Å²) in [5.41, 5.74) is -0.467. The number of carbonyl (C=O) groups excluding carboxylic acids is 1. The zero-order valence-electron chi connectivity index (χ0n) is 11.1. The molecule has 0 bridgehead atoms. The summed E-state index contributed by atoms with van der Waals surface area (Å²) in [7, 11) is 0. The van der Waals surface area contributed by atoms with Crippen molar-refractivity contribution < 1.29 is 9.53 Å². The number of hydrogen-bond donors (Lipinski definition) is 0. The Labute approximate surface area is 128 Å². The molecule has 1 fully saturated rings. The van der Waals surface area contributed by atoms with Crippen molar-refractivity contribution in [3.05, 3.63) is 9.21 Å². The summed E-state index contributed by atoms with van der Waals surface area (Å²) in [5, 5.41) is 8.51. The summed E-state index contributed by atoms with van der Waals surface area (Å²) in [5.74, 6) is 0. The number of carbonyl (C=O) groups is 1. The van der Waals surface area contributed by atoms with Crippen molar-refractivity contribution in [2.45, 2.75) is 38.8 Å². The number of likely N-dealkylation sites (tertiary alicyclic amines) is 1. The van der Waals surface area contributed by atoms with Crippen LogP contribution < -0.4 is 0 Å². The Morgan fingerprint density at radius 2 is 1.89 bits per heavy atom. The van der Waals surface area contributed by atoms with Gasteiger partial charge in [0.2, 0.25) is 0 Å². The fraction of sp³-hybridized carbons (Fsp3) is 0.727. The Kier molecular flexibility index (Phi) is 4.20. The predicted octanol–water partition coefficient (Wildman–Crippen LogP) is 2.99. The maximum Gasteiger partial charge on any atom is 0.410 e. The summed E-state index contributed by atoms with van der Waals surface area (Å²) in [6.45, 7) is 6.82. The van der Waals surface area contributed by atoms with Crippen LogP contribution in [0.15, 0.2) is 9.21 Å². The lowest BCUT2D eigenvalue weighted by molar-refractivity contribution is 0.0287. The van der Waals surface area contributed by atoms with Gasteiger partial charge in [0, 0.05) is 13.1 Å². The number of rotatable bonds is 1. The van der Waals surface area contributed by atoms with Gasteiger partial charge in [0.15, 0.2) is 9.21 Å². The molecule has 19 heavy (non-hydrogen) atoms. The SMILES string of the molecule is CC(C)(C)OC(=O)N1CCC(n2nc(Br)c(Br)n2)C1. The van der Waals surface area contributed by atoms with Gasteiger partial charge in [0.25, 0.3) is 0 Å². The second-order valence-electron chi connectivity index (χ2n) is 5.47. The van der Waals surface area contributed by atoms with Gasteiger partial charge in [-0.05, 0) is 59.1 Å². The molecule has 106 valence electrons. The van der Waals surface area contributed by atoms with Crippen LogP contribution in [0.1, 0.15) is 33.2 Å². The van der Waals surface area contributed by atoms with E-state index in [9.17, 15) is 4.79 Å². The Balaban J connectivity index is 1.98. The zero-order valence-corrected chi connectivity index (χ0v) is 14.2. The number of nitrogens with zero attached hydrogens (tertiary/aromatic N) is 4.